The molecular weight excluding hydrogens is 285 g/mol. The van der Waals surface area contributed by atoms with E-state index < -0.39 is 0 Å². The van der Waals surface area contributed by atoms with Gasteiger partial charge in [0.15, 0.2) is 0 Å². The highest BCUT2D eigenvalue weighted by Gasteiger charge is 2.18. The molecule has 0 aliphatic rings. The van der Waals surface area contributed by atoms with Crippen molar-refractivity contribution in [2.24, 2.45) is 0 Å². The van der Waals surface area contributed by atoms with Crippen molar-refractivity contribution in [2.75, 3.05) is 7.05 Å². The topological polar surface area (TPSA) is 25.2 Å². The maximum absolute atomic E-state index is 13.5. The predicted molar refractivity (Wildman–Crippen MR) is 70.7 cm³/mol. The molecule has 0 amide bonds. The van der Waals surface area contributed by atoms with E-state index in [1.807, 2.05) is 7.05 Å². The lowest BCUT2D eigenvalue weighted by molar-refractivity contribution is 0.517. The fraction of sp³-hybridized carbons (Fsp3) is 0.385. The Labute approximate surface area is 108 Å². The first-order valence-corrected chi connectivity index (χ1v) is 6.38. The van der Waals surface area contributed by atoms with E-state index >= 15 is 0 Å². The van der Waals surface area contributed by atoms with Gasteiger partial charge in [0.05, 0.1) is 11.0 Å². The molecule has 0 spiro atoms. The molecule has 0 aliphatic carbocycles. The summed E-state index contributed by atoms with van der Waals surface area (Å²) in [5.41, 5.74) is 1.76. The van der Waals surface area contributed by atoms with Crippen LogP contribution in [0, 0.1) is 5.82 Å². The molecule has 1 aromatic heterocycles. The molecular formula is C13H15BrFNO. The Bertz CT molecular complexity index is 548. The molecule has 0 saturated heterocycles. The van der Waals surface area contributed by atoms with E-state index in [1.54, 1.807) is 6.07 Å². The Morgan fingerprint density at radius 2 is 2.12 bits per heavy atom. The standard InChI is InChI=1S/C13H15BrFNO/c1-7(2)13-8-4-9(14)10(15)5-11(8)17-12(13)6-16-3/h4-5,7,16H,6H2,1-3H3. The van der Waals surface area contributed by atoms with Gasteiger partial charge in [-0.25, -0.2) is 4.39 Å². The van der Waals surface area contributed by atoms with Gasteiger partial charge in [0, 0.05) is 17.0 Å². The minimum absolute atomic E-state index is 0.294. The lowest BCUT2D eigenvalue weighted by Crippen LogP contribution is -2.06. The second-order valence-corrected chi connectivity index (χ2v) is 5.24. The third kappa shape index (κ3) is 2.24. The summed E-state index contributed by atoms with van der Waals surface area (Å²) in [6, 6.07) is 3.23. The SMILES string of the molecule is CNCc1oc2cc(F)c(Br)cc2c1C(C)C. The highest BCUT2D eigenvalue weighted by molar-refractivity contribution is 9.10. The smallest absolute Gasteiger partial charge is 0.141 e. The number of nitrogens with one attached hydrogen (secondary N) is 1. The first-order chi connectivity index (χ1) is 8.04. The van der Waals surface area contributed by atoms with Crippen molar-refractivity contribution in [1.82, 2.24) is 5.32 Å². The quantitative estimate of drug-likeness (QED) is 0.920. The minimum Gasteiger partial charge on any atom is -0.459 e. The first-order valence-electron chi connectivity index (χ1n) is 5.59. The molecule has 4 heteroatoms. The lowest BCUT2D eigenvalue weighted by Gasteiger charge is -2.06. The molecule has 0 bridgehead atoms. The largest absolute Gasteiger partial charge is 0.459 e. The molecule has 1 heterocycles. The number of furan rings is 1. The first kappa shape index (κ1) is 12.6. The van der Waals surface area contributed by atoms with Crippen molar-refractivity contribution in [3.05, 3.63) is 33.7 Å². The number of hydrogen-bond donors (Lipinski definition) is 1. The summed E-state index contributed by atoms with van der Waals surface area (Å²) in [7, 11) is 1.87. The minimum atomic E-state index is -0.294. The molecule has 0 atom stereocenters. The second kappa shape index (κ2) is 4.78. The van der Waals surface area contributed by atoms with Gasteiger partial charge in [-0.05, 0) is 35.0 Å². The fourth-order valence-electron chi connectivity index (χ4n) is 2.09. The van der Waals surface area contributed by atoms with Crippen molar-refractivity contribution in [3.8, 4) is 0 Å². The van der Waals surface area contributed by atoms with Crippen LogP contribution >= 0.6 is 15.9 Å². The van der Waals surface area contributed by atoms with E-state index in [9.17, 15) is 4.39 Å². The van der Waals surface area contributed by atoms with Crippen molar-refractivity contribution < 1.29 is 8.81 Å². The maximum Gasteiger partial charge on any atom is 0.141 e. The summed E-state index contributed by atoms with van der Waals surface area (Å²) in [6.07, 6.45) is 0. The number of rotatable bonds is 3. The maximum atomic E-state index is 13.5. The molecule has 0 saturated carbocycles. The van der Waals surface area contributed by atoms with Crippen molar-refractivity contribution >= 4 is 26.9 Å². The van der Waals surface area contributed by atoms with E-state index in [0.29, 0.717) is 22.5 Å². The van der Waals surface area contributed by atoms with Gasteiger partial charge in [0.25, 0.3) is 0 Å². The summed E-state index contributed by atoms with van der Waals surface area (Å²) in [5, 5.41) is 4.05. The Morgan fingerprint density at radius 3 is 2.71 bits per heavy atom. The van der Waals surface area contributed by atoms with Crippen LogP contribution < -0.4 is 5.32 Å². The molecule has 0 aliphatic heterocycles. The van der Waals surface area contributed by atoms with Crippen molar-refractivity contribution in [1.29, 1.82) is 0 Å². The summed E-state index contributed by atoms with van der Waals surface area (Å²) < 4.78 is 19.6. The molecule has 17 heavy (non-hydrogen) atoms. The number of fused-ring (bicyclic) bond motifs is 1. The number of benzene rings is 1. The molecule has 1 aromatic carbocycles. The molecule has 1 N–H and O–H groups in total. The van der Waals surface area contributed by atoms with Crippen LogP contribution in [0.25, 0.3) is 11.0 Å². The number of halogens is 2. The van der Waals surface area contributed by atoms with E-state index in [0.717, 1.165) is 16.7 Å². The Morgan fingerprint density at radius 1 is 1.41 bits per heavy atom. The summed E-state index contributed by atoms with van der Waals surface area (Å²) in [5.74, 6) is 0.935. The van der Waals surface area contributed by atoms with Crippen LogP contribution in [0.5, 0.6) is 0 Å². The summed E-state index contributed by atoms with van der Waals surface area (Å²) in [6.45, 7) is 4.88. The predicted octanol–water partition coefficient (Wildman–Crippen LogP) is 4.18. The Hall–Kier alpha value is -0.870. The van der Waals surface area contributed by atoms with Gasteiger partial charge in [-0.1, -0.05) is 13.8 Å². The molecule has 2 rings (SSSR count). The monoisotopic (exact) mass is 299 g/mol. The van der Waals surface area contributed by atoms with E-state index in [1.165, 1.54) is 6.07 Å². The van der Waals surface area contributed by atoms with E-state index in [-0.39, 0.29) is 5.82 Å². The Balaban J connectivity index is 2.71. The highest BCUT2D eigenvalue weighted by atomic mass is 79.9. The Kier molecular flexibility index (Phi) is 3.54. The van der Waals surface area contributed by atoms with Crippen molar-refractivity contribution in [2.45, 2.75) is 26.3 Å². The third-order valence-corrected chi connectivity index (χ3v) is 3.37. The van der Waals surface area contributed by atoms with Gasteiger partial charge in [0.1, 0.15) is 17.2 Å². The average Bonchev–Trinajstić information content (AvgIpc) is 2.57. The average molecular weight is 300 g/mol. The summed E-state index contributed by atoms with van der Waals surface area (Å²) >= 11 is 3.22. The van der Waals surface area contributed by atoms with Gasteiger partial charge < -0.3 is 9.73 Å². The van der Waals surface area contributed by atoms with Gasteiger partial charge in [-0.2, -0.15) is 0 Å². The van der Waals surface area contributed by atoms with Crippen LogP contribution in [0.1, 0.15) is 31.1 Å². The number of hydrogen-bond acceptors (Lipinski definition) is 2. The fourth-order valence-corrected chi connectivity index (χ4v) is 2.43. The van der Waals surface area contributed by atoms with Gasteiger partial charge in [-0.3, -0.25) is 0 Å². The third-order valence-electron chi connectivity index (χ3n) is 2.76. The summed E-state index contributed by atoms with van der Waals surface area (Å²) in [4.78, 5) is 0. The zero-order chi connectivity index (χ0) is 12.6. The van der Waals surface area contributed by atoms with Gasteiger partial charge in [0.2, 0.25) is 0 Å². The highest BCUT2D eigenvalue weighted by Crippen LogP contribution is 2.34. The molecule has 2 nitrogen and oxygen atoms in total. The van der Waals surface area contributed by atoms with Crippen LogP contribution in [-0.4, -0.2) is 7.05 Å². The van der Waals surface area contributed by atoms with E-state index in [4.69, 9.17) is 4.42 Å². The van der Waals surface area contributed by atoms with Crippen LogP contribution in [-0.2, 0) is 6.54 Å². The normalized spacial score (nSPS) is 11.6. The van der Waals surface area contributed by atoms with E-state index in [2.05, 4.69) is 35.1 Å². The van der Waals surface area contributed by atoms with Crippen LogP contribution in [0.15, 0.2) is 21.0 Å². The van der Waals surface area contributed by atoms with Crippen LogP contribution in [0.2, 0.25) is 0 Å². The van der Waals surface area contributed by atoms with Crippen LogP contribution in [0.4, 0.5) is 4.39 Å². The van der Waals surface area contributed by atoms with Crippen molar-refractivity contribution in [3.63, 3.8) is 0 Å². The van der Waals surface area contributed by atoms with Gasteiger partial charge >= 0.3 is 0 Å². The molecule has 0 fully saturated rings. The van der Waals surface area contributed by atoms with Gasteiger partial charge in [-0.15, -0.1) is 0 Å². The molecule has 92 valence electrons. The zero-order valence-electron chi connectivity index (χ0n) is 10.1. The zero-order valence-corrected chi connectivity index (χ0v) is 11.7. The molecule has 0 unspecified atom stereocenters. The second-order valence-electron chi connectivity index (χ2n) is 4.39. The molecule has 0 radical (unpaired) electrons. The van der Waals surface area contributed by atoms with Crippen LogP contribution in [0.3, 0.4) is 0 Å². The lowest BCUT2D eigenvalue weighted by atomic mass is 9.99. The molecule has 2 aromatic rings.